The van der Waals surface area contributed by atoms with Crippen LogP contribution in [0.1, 0.15) is 24.1 Å². The van der Waals surface area contributed by atoms with Gasteiger partial charge < -0.3 is 10.4 Å². The molecule has 1 amide bonds. The van der Waals surface area contributed by atoms with E-state index in [4.69, 9.17) is 0 Å². The van der Waals surface area contributed by atoms with Gasteiger partial charge in [-0.2, -0.15) is 0 Å². The van der Waals surface area contributed by atoms with Crippen LogP contribution < -0.4 is 5.32 Å². The van der Waals surface area contributed by atoms with Gasteiger partial charge in [-0.1, -0.05) is 42.5 Å². The van der Waals surface area contributed by atoms with Gasteiger partial charge in [0.15, 0.2) is 0 Å². The molecule has 4 nitrogen and oxygen atoms in total. The van der Waals surface area contributed by atoms with Crippen LogP contribution in [0.3, 0.4) is 0 Å². The molecule has 2 aromatic rings. The Morgan fingerprint density at radius 2 is 1.70 bits per heavy atom. The lowest BCUT2D eigenvalue weighted by atomic mass is 9.94. The van der Waals surface area contributed by atoms with E-state index in [1.807, 2.05) is 6.07 Å². The van der Waals surface area contributed by atoms with Crippen LogP contribution in [0.2, 0.25) is 0 Å². The standard InChI is InChI=1S/C18H18FNO3/c1-12(18(22)23)17(14-5-3-2-4-6-14)20-16(21)11-13-7-9-15(19)10-8-13/h2-10,12,17H,11H2,1H3,(H,20,21)(H,22,23)/t12-,17-/m1/s1. The molecule has 0 aliphatic heterocycles. The van der Waals surface area contributed by atoms with E-state index in [1.165, 1.54) is 24.3 Å². The molecule has 120 valence electrons. The Morgan fingerprint density at radius 3 is 2.26 bits per heavy atom. The van der Waals surface area contributed by atoms with Crippen molar-refractivity contribution >= 4 is 11.9 Å². The van der Waals surface area contributed by atoms with Gasteiger partial charge in [0.1, 0.15) is 5.82 Å². The Morgan fingerprint density at radius 1 is 1.09 bits per heavy atom. The zero-order valence-electron chi connectivity index (χ0n) is 12.7. The molecule has 0 bridgehead atoms. The normalized spacial score (nSPS) is 13.1. The van der Waals surface area contributed by atoms with Gasteiger partial charge in [-0.3, -0.25) is 9.59 Å². The summed E-state index contributed by atoms with van der Waals surface area (Å²) in [4.78, 5) is 23.5. The highest BCUT2D eigenvalue weighted by atomic mass is 19.1. The topological polar surface area (TPSA) is 66.4 Å². The molecule has 0 unspecified atom stereocenters. The molecule has 0 saturated carbocycles. The SMILES string of the molecule is C[C@@H](C(=O)O)[C@@H](NC(=O)Cc1ccc(F)cc1)c1ccccc1. The number of benzene rings is 2. The van der Waals surface area contributed by atoms with E-state index in [-0.39, 0.29) is 18.1 Å². The smallest absolute Gasteiger partial charge is 0.308 e. The third kappa shape index (κ3) is 4.64. The van der Waals surface area contributed by atoms with Gasteiger partial charge in [0, 0.05) is 0 Å². The van der Waals surface area contributed by atoms with Crippen molar-refractivity contribution in [2.45, 2.75) is 19.4 Å². The lowest BCUT2D eigenvalue weighted by molar-refractivity contribution is -0.142. The summed E-state index contributed by atoms with van der Waals surface area (Å²) in [6, 6.07) is 14.0. The minimum absolute atomic E-state index is 0.0654. The van der Waals surface area contributed by atoms with Gasteiger partial charge in [0.05, 0.1) is 18.4 Å². The number of carboxylic acids is 1. The van der Waals surface area contributed by atoms with Gasteiger partial charge in [-0.05, 0) is 30.2 Å². The lowest BCUT2D eigenvalue weighted by Gasteiger charge is -2.23. The van der Waals surface area contributed by atoms with E-state index in [2.05, 4.69) is 5.32 Å². The molecule has 0 fully saturated rings. The van der Waals surface area contributed by atoms with Crippen LogP contribution in [0.15, 0.2) is 54.6 Å². The van der Waals surface area contributed by atoms with Crippen molar-refractivity contribution in [1.29, 1.82) is 0 Å². The number of hydrogen-bond donors (Lipinski definition) is 2. The molecule has 2 rings (SSSR count). The van der Waals surface area contributed by atoms with Gasteiger partial charge in [-0.25, -0.2) is 4.39 Å². The third-order valence-corrected chi connectivity index (χ3v) is 3.64. The van der Waals surface area contributed by atoms with Gasteiger partial charge >= 0.3 is 5.97 Å². The molecule has 0 aromatic heterocycles. The summed E-state index contributed by atoms with van der Waals surface area (Å²) in [7, 11) is 0. The summed E-state index contributed by atoms with van der Waals surface area (Å²) in [5.41, 5.74) is 1.40. The number of rotatable bonds is 6. The average Bonchev–Trinajstić information content (AvgIpc) is 2.55. The number of carbonyl (C=O) groups excluding carboxylic acids is 1. The first kappa shape index (κ1) is 16.7. The maximum atomic E-state index is 12.9. The summed E-state index contributed by atoms with van der Waals surface area (Å²) in [5, 5.41) is 12.0. The van der Waals surface area contributed by atoms with E-state index in [0.29, 0.717) is 5.56 Å². The molecule has 0 radical (unpaired) electrons. The molecule has 23 heavy (non-hydrogen) atoms. The van der Waals surface area contributed by atoms with Crippen molar-refractivity contribution in [3.05, 3.63) is 71.5 Å². The summed E-state index contributed by atoms with van der Waals surface area (Å²) < 4.78 is 12.9. The third-order valence-electron chi connectivity index (χ3n) is 3.64. The Kier molecular flexibility index (Phi) is 5.46. The summed E-state index contributed by atoms with van der Waals surface area (Å²) >= 11 is 0. The summed E-state index contributed by atoms with van der Waals surface area (Å²) in [5.74, 6) is -2.43. The minimum Gasteiger partial charge on any atom is -0.481 e. The van der Waals surface area contributed by atoms with E-state index in [1.54, 1.807) is 31.2 Å². The van der Waals surface area contributed by atoms with E-state index in [0.717, 1.165) is 5.56 Å². The highest BCUT2D eigenvalue weighted by Crippen LogP contribution is 2.22. The van der Waals surface area contributed by atoms with Crippen LogP contribution in [0.4, 0.5) is 4.39 Å². The van der Waals surface area contributed by atoms with Crippen molar-refractivity contribution < 1.29 is 19.1 Å². The van der Waals surface area contributed by atoms with Crippen molar-refractivity contribution in [3.63, 3.8) is 0 Å². The summed E-state index contributed by atoms with van der Waals surface area (Å²) in [6.45, 7) is 1.55. The Balaban J connectivity index is 2.12. The van der Waals surface area contributed by atoms with Gasteiger partial charge in [0.2, 0.25) is 5.91 Å². The highest BCUT2D eigenvalue weighted by molar-refractivity contribution is 5.80. The Labute approximate surface area is 134 Å². The molecule has 0 heterocycles. The number of hydrogen-bond acceptors (Lipinski definition) is 2. The fraction of sp³-hybridized carbons (Fsp3) is 0.222. The summed E-state index contributed by atoms with van der Waals surface area (Å²) in [6.07, 6.45) is 0.0654. The number of carboxylic acid groups (broad SMARTS) is 1. The van der Waals surface area contributed by atoms with Crippen LogP contribution in [-0.2, 0) is 16.0 Å². The van der Waals surface area contributed by atoms with E-state index in [9.17, 15) is 19.1 Å². The molecule has 0 aliphatic rings. The fourth-order valence-corrected chi connectivity index (χ4v) is 2.31. The minimum atomic E-state index is -0.985. The van der Waals surface area contributed by atoms with Crippen LogP contribution in [-0.4, -0.2) is 17.0 Å². The second kappa shape index (κ2) is 7.54. The molecule has 0 saturated heterocycles. The first-order valence-corrected chi connectivity index (χ1v) is 7.29. The van der Waals surface area contributed by atoms with Gasteiger partial charge in [0.25, 0.3) is 0 Å². The highest BCUT2D eigenvalue weighted by Gasteiger charge is 2.26. The molecule has 0 aliphatic carbocycles. The van der Waals surface area contributed by atoms with Gasteiger partial charge in [-0.15, -0.1) is 0 Å². The van der Waals surface area contributed by atoms with Crippen molar-refractivity contribution in [2.75, 3.05) is 0 Å². The fourth-order valence-electron chi connectivity index (χ4n) is 2.31. The number of amides is 1. The van der Waals surface area contributed by atoms with E-state index < -0.39 is 17.9 Å². The Hall–Kier alpha value is -2.69. The molecular formula is C18H18FNO3. The maximum Gasteiger partial charge on any atom is 0.308 e. The van der Waals surface area contributed by atoms with Crippen molar-refractivity contribution in [3.8, 4) is 0 Å². The Bertz CT molecular complexity index is 670. The van der Waals surface area contributed by atoms with Crippen molar-refractivity contribution in [1.82, 2.24) is 5.32 Å². The first-order chi connectivity index (χ1) is 11.0. The number of nitrogens with one attached hydrogen (secondary N) is 1. The number of halogens is 1. The molecule has 0 spiro atoms. The number of carbonyl (C=O) groups is 2. The van der Waals surface area contributed by atoms with Crippen LogP contribution >= 0.6 is 0 Å². The second-order valence-electron chi connectivity index (χ2n) is 5.39. The monoisotopic (exact) mass is 315 g/mol. The largest absolute Gasteiger partial charge is 0.481 e. The first-order valence-electron chi connectivity index (χ1n) is 7.29. The molecule has 2 atom stereocenters. The van der Waals surface area contributed by atoms with Crippen molar-refractivity contribution in [2.24, 2.45) is 5.92 Å². The molecule has 5 heteroatoms. The molecular weight excluding hydrogens is 297 g/mol. The zero-order chi connectivity index (χ0) is 16.8. The average molecular weight is 315 g/mol. The predicted octanol–water partition coefficient (Wildman–Crippen LogP) is 2.95. The zero-order valence-corrected chi connectivity index (χ0v) is 12.7. The quantitative estimate of drug-likeness (QED) is 0.861. The number of aliphatic carboxylic acids is 1. The van der Waals surface area contributed by atoms with Crippen LogP contribution in [0.5, 0.6) is 0 Å². The van der Waals surface area contributed by atoms with E-state index >= 15 is 0 Å². The maximum absolute atomic E-state index is 12.9. The van der Waals surface area contributed by atoms with Crippen LogP contribution in [0.25, 0.3) is 0 Å². The second-order valence-corrected chi connectivity index (χ2v) is 5.39. The predicted molar refractivity (Wildman–Crippen MR) is 84.2 cm³/mol. The van der Waals surface area contributed by atoms with Crippen LogP contribution in [0, 0.1) is 11.7 Å². The molecule has 2 aromatic carbocycles. The molecule has 2 N–H and O–H groups in total. The lowest BCUT2D eigenvalue weighted by Crippen LogP contribution is -2.36.